The number of halogens is 1. The Balaban J connectivity index is 2.46. The molecule has 2 aromatic heterocycles. The highest BCUT2D eigenvalue weighted by Crippen LogP contribution is 2.14. The van der Waals surface area contributed by atoms with E-state index in [4.69, 9.17) is 11.0 Å². The molecule has 0 fully saturated rings. The van der Waals surface area contributed by atoms with Gasteiger partial charge < -0.3 is 5.73 Å². The SMILES string of the molecule is N#Cc1ccc(-n2nc(N)nc2Br)cn1. The molecular formula is C8H5BrN6. The number of anilines is 1. The molecule has 0 aliphatic rings. The summed E-state index contributed by atoms with van der Waals surface area (Å²) >= 11 is 3.21. The molecule has 0 saturated heterocycles. The summed E-state index contributed by atoms with van der Waals surface area (Å²) < 4.78 is 1.98. The maximum atomic E-state index is 8.58. The largest absolute Gasteiger partial charge is 0.366 e. The lowest BCUT2D eigenvalue weighted by Crippen LogP contribution is -1.98. The number of nitrogen functional groups attached to an aromatic ring is 1. The lowest BCUT2D eigenvalue weighted by molar-refractivity contribution is 0.853. The van der Waals surface area contributed by atoms with Crippen LogP contribution in [0, 0.1) is 11.3 Å². The van der Waals surface area contributed by atoms with Crippen molar-refractivity contribution >= 4 is 21.9 Å². The van der Waals surface area contributed by atoms with Crippen LogP contribution in [-0.2, 0) is 0 Å². The van der Waals surface area contributed by atoms with Gasteiger partial charge in [0.25, 0.3) is 0 Å². The summed E-state index contributed by atoms with van der Waals surface area (Å²) in [6.45, 7) is 0. The number of hydrogen-bond donors (Lipinski definition) is 1. The number of aromatic nitrogens is 4. The quantitative estimate of drug-likeness (QED) is 0.825. The highest BCUT2D eigenvalue weighted by Gasteiger charge is 2.06. The molecule has 0 saturated carbocycles. The zero-order chi connectivity index (χ0) is 10.8. The Bertz CT molecular complexity index is 523. The average molecular weight is 265 g/mol. The zero-order valence-electron chi connectivity index (χ0n) is 7.42. The summed E-state index contributed by atoms with van der Waals surface area (Å²) in [6, 6.07) is 5.24. The molecule has 6 nitrogen and oxygen atoms in total. The molecule has 2 heterocycles. The Morgan fingerprint density at radius 2 is 2.27 bits per heavy atom. The van der Waals surface area contributed by atoms with E-state index < -0.39 is 0 Å². The number of pyridine rings is 1. The maximum Gasteiger partial charge on any atom is 0.240 e. The molecular weight excluding hydrogens is 260 g/mol. The third-order valence-corrected chi connectivity index (χ3v) is 2.20. The van der Waals surface area contributed by atoms with Crippen LogP contribution in [0.5, 0.6) is 0 Å². The minimum atomic E-state index is 0.172. The van der Waals surface area contributed by atoms with Crippen molar-refractivity contribution in [2.24, 2.45) is 0 Å². The number of rotatable bonds is 1. The number of nitrogens with zero attached hydrogens (tertiary/aromatic N) is 5. The van der Waals surface area contributed by atoms with Crippen LogP contribution in [0.3, 0.4) is 0 Å². The molecule has 0 bridgehead atoms. The van der Waals surface area contributed by atoms with Crippen molar-refractivity contribution in [1.82, 2.24) is 19.7 Å². The number of hydrogen-bond acceptors (Lipinski definition) is 5. The Hall–Kier alpha value is -1.94. The summed E-state index contributed by atoms with van der Waals surface area (Å²) in [5.74, 6) is 0.172. The molecule has 7 heteroatoms. The van der Waals surface area contributed by atoms with Gasteiger partial charge in [0.15, 0.2) is 0 Å². The van der Waals surface area contributed by atoms with Crippen LogP contribution in [0.15, 0.2) is 23.1 Å². The molecule has 74 valence electrons. The molecule has 0 unspecified atom stereocenters. The van der Waals surface area contributed by atoms with Gasteiger partial charge in [-0.3, -0.25) is 0 Å². The van der Waals surface area contributed by atoms with E-state index in [0.29, 0.717) is 16.1 Å². The molecule has 0 amide bonds. The van der Waals surface area contributed by atoms with E-state index in [0.717, 1.165) is 0 Å². The van der Waals surface area contributed by atoms with Crippen LogP contribution in [0.1, 0.15) is 5.69 Å². The van der Waals surface area contributed by atoms with Crippen molar-refractivity contribution in [1.29, 1.82) is 5.26 Å². The highest BCUT2D eigenvalue weighted by molar-refractivity contribution is 9.10. The van der Waals surface area contributed by atoms with Crippen molar-refractivity contribution < 1.29 is 0 Å². The Morgan fingerprint density at radius 3 is 2.73 bits per heavy atom. The van der Waals surface area contributed by atoms with Gasteiger partial charge in [-0.25, -0.2) is 9.67 Å². The first kappa shape index (κ1) is 9.61. The van der Waals surface area contributed by atoms with Crippen molar-refractivity contribution in [2.45, 2.75) is 0 Å². The number of nitriles is 1. The lowest BCUT2D eigenvalue weighted by atomic mass is 10.3. The van der Waals surface area contributed by atoms with E-state index in [2.05, 4.69) is 31.0 Å². The van der Waals surface area contributed by atoms with Gasteiger partial charge in [-0.05, 0) is 28.1 Å². The molecule has 0 aliphatic carbocycles. The lowest BCUT2D eigenvalue weighted by Gasteiger charge is -1.99. The highest BCUT2D eigenvalue weighted by atomic mass is 79.9. The van der Waals surface area contributed by atoms with Crippen LogP contribution in [0.25, 0.3) is 5.69 Å². The van der Waals surface area contributed by atoms with Crippen LogP contribution in [-0.4, -0.2) is 19.7 Å². The minimum Gasteiger partial charge on any atom is -0.366 e. The summed E-state index contributed by atoms with van der Waals surface area (Å²) in [5.41, 5.74) is 6.46. The average Bonchev–Trinajstić information content (AvgIpc) is 2.58. The standard InChI is InChI=1S/C8H5BrN6/c9-7-13-8(11)14-15(7)6-2-1-5(3-10)12-4-6/h1-2,4H,(H2,11,14). The van der Waals surface area contributed by atoms with E-state index in [1.807, 2.05) is 6.07 Å². The Morgan fingerprint density at radius 1 is 1.47 bits per heavy atom. The monoisotopic (exact) mass is 264 g/mol. The Kier molecular flexibility index (Phi) is 2.35. The fourth-order valence-corrected chi connectivity index (χ4v) is 1.52. The van der Waals surface area contributed by atoms with Gasteiger partial charge in [-0.1, -0.05) is 0 Å². The second-order valence-corrected chi connectivity index (χ2v) is 3.37. The molecule has 0 aromatic carbocycles. The molecule has 0 atom stereocenters. The van der Waals surface area contributed by atoms with E-state index in [1.165, 1.54) is 10.9 Å². The summed E-state index contributed by atoms with van der Waals surface area (Å²) in [5, 5.41) is 12.5. The van der Waals surface area contributed by atoms with Gasteiger partial charge in [0, 0.05) is 0 Å². The third-order valence-electron chi connectivity index (χ3n) is 1.69. The van der Waals surface area contributed by atoms with Crippen molar-refractivity contribution in [3.8, 4) is 11.8 Å². The molecule has 2 rings (SSSR count). The van der Waals surface area contributed by atoms with Crippen LogP contribution < -0.4 is 5.73 Å². The van der Waals surface area contributed by atoms with E-state index in [-0.39, 0.29) is 5.95 Å². The van der Waals surface area contributed by atoms with Crippen LogP contribution in [0.2, 0.25) is 0 Å². The fourth-order valence-electron chi connectivity index (χ4n) is 1.05. The summed E-state index contributed by atoms with van der Waals surface area (Å²) in [7, 11) is 0. The predicted molar refractivity (Wildman–Crippen MR) is 56.0 cm³/mol. The molecule has 0 spiro atoms. The Labute approximate surface area is 93.5 Å². The predicted octanol–water partition coefficient (Wildman–Crippen LogP) is 0.879. The molecule has 15 heavy (non-hydrogen) atoms. The second kappa shape index (κ2) is 3.67. The van der Waals surface area contributed by atoms with Crippen LogP contribution in [0.4, 0.5) is 5.95 Å². The zero-order valence-corrected chi connectivity index (χ0v) is 9.01. The van der Waals surface area contributed by atoms with Crippen molar-refractivity contribution in [3.63, 3.8) is 0 Å². The van der Waals surface area contributed by atoms with Crippen LogP contribution >= 0.6 is 15.9 Å². The minimum absolute atomic E-state index is 0.172. The first-order chi connectivity index (χ1) is 7.20. The number of nitrogens with two attached hydrogens (primary N) is 1. The first-order valence-electron chi connectivity index (χ1n) is 3.95. The van der Waals surface area contributed by atoms with Gasteiger partial charge in [-0.15, -0.1) is 5.10 Å². The van der Waals surface area contributed by atoms with Gasteiger partial charge in [0.1, 0.15) is 11.8 Å². The molecule has 0 radical (unpaired) electrons. The van der Waals surface area contributed by atoms with Gasteiger partial charge in [-0.2, -0.15) is 10.2 Å². The van der Waals surface area contributed by atoms with Crippen molar-refractivity contribution in [3.05, 3.63) is 28.8 Å². The van der Waals surface area contributed by atoms with Gasteiger partial charge >= 0.3 is 0 Å². The molecule has 0 aliphatic heterocycles. The smallest absolute Gasteiger partial charge is 0.240 e. The molecule has 2 aromatic rings. The van der Waals surface area contributed by atoms with E-state index in [1.54, 1.807) is 12.1 Å². The van der Waals surface area contributed by atoms with Crippen molar-refractivity contribution in [2.75, 3.05) is 5.73 Å². The van der Waals surface area contributed by atoms with Gasteiger partial charge in [0.2, 0.25) is 10.7 Å². The van der Waals surface area contributed by atoms with Gasteiger partial charge in [0.05, 0.1) is 11.9 Å². The summed E-state index contributed by atoms with van der Waals surface area (Å²) in [4.78, 5) is 7.80. The topological polar surface area (TPSA) is 93.4 Å². The third kappa shape index (κ3) is 1.80. The summed E-state index contributed by atoms with van der Waals surface area (Å²) in [6.07, 6.45) is 1.53. The van der Waals surface area contributed by atoms with E-state index in [9.17, 15) is 0 Å². The van der Waals surface area contributed by atoms with E-state index >= 15 is 0 Å². The maximum absolute atomic E-state index is 8.58. The second-order valence-electron chi connectivity index (χ2n) is 2.66. The normalized spacial score (nSPS) is 9.87. The fraction of sp³-hybridized carbons (Fsp3) is 0. The first-order valence-corrected chi connectivity index (χ1v) is 4.74. The molecule has 2 N–H and O–H groups in total.